The Kier molecular flexibility index (Phi) is 4.17. The van der Waals surface area contributed by atoms with E-state index in [0.717, 1.165) is 31.7 Å². The Labute approximate surface area is 122 Å². The zero-order valence-electron chi connectivity index (χ0n) is 11.6. The maximum absolute atomic E-state index is 12.5. The van der Waals surface area contributed by atoms with Gasteiger partial charge in [-0.1, -0.05) is 12.8 Å². The van der Waals surface area contributed by atoms with Crippen molar-refractivity contribution in [3.63, 3.8) is 0 Å². The molecule has 0 unspecified atom stereocenters. The normalized spacial score (nSPS) is 17.6. The number of nitrogens with two attached hydrogens (primary N) is 1. The molecule has 0 bridgehead atoms. The second-order valence-electron chi connectivity index (χ2n) is 5.46. The SMILES string of the molecule is CC1(NS(=O)(=O)c2cc(NN)ccc2[N+](=O)[O-])CCCC1. The van der Waals surface area contributed by atoms with Gasteiger partial charge in [-0.3, -0.25) is 16.0 Å². The number of hydrogen-bond acceptors (Lipinski definition) is 6. The molecule has 0 atom stereocenters. The molecule has 0 saturated heterocycles. The highest BCUT2D eigenvalue weighted by Crippen LogP contribution is 2.33. The first-order valence-electron chi connectivity index (χ1n) is 6.56. The number of nitro groups is 1. The number of nitrogen functional groups attached to an aromatic ring is 1. The van der Waals surface area contributed by atoms with E-state index in [2.05, 4.69) is 10.1 Å². The van der Waals surface area contributed by atoms with Crippen LogP contribution in [0.25, 0.3) is 0 Å². The molecule has 1 fully saturated rings. The molecule has 2 rings (SSSR count). The second-order valence-corrected chi connectivity index (χ2v) is 7.11. The Morgan fingerprint density at radius 1 is 1.33 bits per heavy atom. The molecule has 1 saturated carbocycles. The largest absolute Gasteiger partial charge is 0.324 e. The molecule has 116 valence electrons. The summed E-state index contributed by atoms with van der Waals surface area (Å²) in [6.07, 6.45) is 3.31. The molecule has 1 aromatic rings. The molecule has 0 radical (unpaired) electrons. The molecular weight excluding hydrogens is 296 g/mol. The third-order valence-electron chi connectivity index (χ3n) is 3.70. The fraction of sp³-hybridized carbons (Fsp3) is 0.500. The lowest BCUT2D eigenvalue weighted by Gasteiger charge is -2.24. The average molecular weight is 314 g/mol. The topological polar surface area (TPSA) is 127 Å². The van der Waals surface area contributed by atoms with Crippen LogP contribution in [0.5, 0.6) is 0 Å². The van der Waals surface area contributed by atoms with Crippen molar-refractivity contribution >= 4 is 21.4 Å². The molecule has 4 N–H and O–H groups in total. The number of benzene rings is 1. The van der Waals surface area contributed by atoms with Gasteiger partial charge in [-0.15, -0.1) is 0 Å². The van der Waals surface area contributed by atoms with Gasteiger partial charge in [-0.25, -0.2) is 13.1 Å². The van der Waals surface area contributed by atoms with Crippen LogP contribution in [0.3, 0.4) is 0 Å². The average Bonchev–Trinajstić information content (AvgIpc) is 2.83. The van der Waals surface area contributed by atoms with Crippen LogP contribution in [-0.2, 0) is 10.0 Å². The monoisotopic (exact) mass is 314 g/mol. The highest BCUT2D eigenvalue weighted by molar-refractivity contribution is 7.89. The summed E-state index contributed by atoms with van der Waals surface area (Å²) >= 11 is 0. The van der Waals surface area contributed by atoms with Crippen molar-refractivity contribution in [2.24, 2.45) is 5.84 Å². The van der Waals surface area contributed by atoms with Gasteiger partial charge in [0.2, 0.25) is 10.0 Å². The molecule has 0 aromatic heterocycles. The minimum absolute atomic E-state index is 0.289. The van der Waals surface area contributed by atoms with E-state index in [1.165, 1.54) is 12.1 Å². The fourth-order valence-electron chi connectivity index (χ4n) is 2.61. The van der Waals surface area contributed by atoms with Gasteiger partial charge in [0.1, 0.15) is 0 Å². The predicted molar refractivity (Wildman–Crippen MR) is 78.1 cm³/mol. The van der Waals surface area contributed by atoms with Crippen molar-refractivity contribution in [1.29, 1.82) is 0 Å². The first kappa shape index (κ1) is 15.7. The number of nitrogens with zero attached hydrogens (tertiary/aromatic N) is 1. The van der Waals surface area contributed by atoms with Crippen LogP contribution >= 0.6 is 0 Å². The van der Waals surface area contributed by atoms with Gasteiger partial charge in [0, 0.05) is 11.6 Å². The molecule has 0 heterocycles. The second kappa shape index (κ2) is 5.58. The summed E-state index contributed by atoms with van der Waals surface area (Å²) in [6.45, 7) is 1.81. The zero-order valence-corrected chi connectivity index (χ0v) is 12.4. The summed E-state index contributed by atoms with van der Waals surface area (Å²) in [5, 5.41) is 11.0. The van der Waals surface area contributed by atoms with Gasteiger partial charge in [0.05, 0.1) is 10.6 Å². The number of nitro benzene ring substituents is 1. The van der Waals surface area contributed by atoms with Crippen molar-refractivity contribution in [2.45, 2.75) is 43.0 Å². The fourth-order valence-corrected chi connectivity index (χ4v) is 4.27. The van der Waals surface area contributed by atoms with Gasteiger partial charge >= 0.3 is 0 Å². The lowest BCUT2D eigenvalue weighted by atomic mass is 10.0. The first-order valence-corrected chi connectivity index (χ1v) is 8.05. The predicted octanol–water partition coefficient (Wildman–Crippen LogP) is 1.49. The van der Waals surface area contributed by atoms with Crippen molar-refractivity contribution < 1.29 is 13.3 Å². The first-order chi connectivity index (χ1) is 9.77. The summed E-state index contributed by atoms with van der Waals surface area (Å²) in [6, 6.07) is 3.65. The molecule has 0 spiro atoms. The zero-order chi connectivity index (χ0) is 15.7. The number of rotatable bonds is 5. The number of hydrazine groups is 1. The minimum Gasteiger partial charge on any atom is -0.324 e. The van der Waals surface area contributed by atoms with E-state index in [1.807, 2.05) is 6.92 Å². The number of nitrogens with one attached hydrogen (secondary N) is 2. The molecule has 1 aliphatic carbocycles. The Hall–Kier alpha value is -1.71. The third kappa shape index (κ3) is 3.31. The molecular formula is C12H18N4O4S. The lowest BCUT2D eigenvalue weighted by molar-refractivity contribution is -0.387. The maximum Gasteiger partial charge on any atom is 0.289 e. The third-order valence-corrected chi connectivity index (χ3v) is 5.37. The molecule has 9 heteroatoms. The van der Waals surface area contributed by atoms with E-state index in [-0.39, 0.29) is 10.6 Å². The minimum atomic E-state index is -4.00. The molecule has 0 aliphatic heterocycles. The van der Waals surface area contributed by atoms with Crippen LogP contribution < -0.4 is 16.0 Å². The Bertz CT molecular complexity index is 653. The molecule has 0 amide bonds. The maximum atomic E-state index is 12.5. The van der Waals surface area contributed by atoms with Crippen LogP contribution in [0.15, 0.2) is 23.1 Å². The van der Waals surface area contributed by atoms with Crippen LogP contribution in [0, 0.1) is 10.1 Å². The number of anilines is 1. The number of sulfonamides is 1. The quantitative estimate of drug-likeness (QED) is 0.429. The molecule has 21 heavy (non-hydrogen) atoms. The van der Waals surface area contributed by atoms with Crippen LogP contribution in [0.1, 0.15) is 32.6 Å². The smallest absolute Gasteiger partial charge is 0.289 e. The van der Waals surface area contributed by atoms with Crippen molar-refractivity contribution in [2.75, 3.05) is 5.43 Å². The van der Waals surface area contributed by atoms with Gasteiger partial charge < -0.3 is 5.43 Å². The van der Waals surface area contributed by atoms with Crippen LogP contribution in [0.4, 0.5) is 11.4 Å². The van der Waals surface area contributed by atoms with Gasteiger partial charge in [0.25, 0.3) is 5.69 Å². The van der Waals surface area contributed by atoms with Crippen molar-refractivity contribution in [1.82, 2.24) is 4.72 Å². The molecule has 1 aliphatic rings. The van der Waals surface area contributed by atoms with Gasteiger partial charge in [-0.05, 0) is 31.9 Å². The van der Waals surface area contributed by atoms with E-state index >= 15 is 0 Å². The summed E-state index contributed by atoms with van der Waals surface area (Å²) in [5.41, 5.74) is 1.56. The number of hydrogen-bond donors (Lipinski definition) is 3. The van der Waals surface area contributed by atoms with E-state index in [4.69, 9.17) is 5.84 Å². The summed E-state index contributed by atoms with van der Waals surface area (Å²) in [7, 11) is -4.00. The van der Waals surface area contributed by atoms with Gasteiger partial charge in [-0.2, -0.15) is 0 Å². The highest BCUT2D eigenvalue weighted by Gasteiger charge is 2.36. The van der Waals surface area contributed by atoms with E-state index in [1.54, 1.807) is 0 Å². The molecule has 8 nitrogen and oxygen atoms in total. The van der Waals surface area contributed by atoms with Crippen molar-refractivity contribution in [3.8, 4) is 0 Å². The Morgan fingerprint density at radius 2 is 1.95 bits per heavy atom. The standard InChI is InChI=1S/C12H18N4O4S/c1-12(6-2-3-7-12)15-21(19,20)11-8-9(14-13)4-5-10(11)16(17)18/h4-5,8,14-15H,2-3,6-7,13H2,1H3. The van der Waals surface area contributed by atoms with Crippen molar-refractivity contribution in [3.05, 3.63) is 28.3 Å². The lowest BCUT2D eigenvalue weighted by Crippen LogP contribution is -2.43. The van der Waals surface area contributed by atoms with E-state index in [9.17, 15) is 18.5 Å². The summed E-state index contributed by atoms with van der Waals surface area (Å²) in [5.74, 6) is 5.24. The molecule has 1 aromatic carbocycles. The van der Waals surface area contributed by atoms with E-state index in [0.29, 0.717) is 0 Å². The summed E-state index contributed by atoms with van der Waals surface area (Å²) < 4.78 is 27.6. The summed E-state index contributed by atoms with van der Waals surface area (Å²) in [4.78, 5) is 9.95. The highest BCUT2D eigenvalue weighted by atomic mass is 32.2. The van der Waals surface area contributed by atoms with E-state index < -0.39 is 26.2 Å². The van der Waals surface area contributed by atoms with Crippen LogP contribution in [-0.4, -0.2) is 18.9 Å². The van der Waals surface area contributed by atoms with Crippen LogP contribution in [0.2, 0.25) is 0 Å². The van der Waals surface area contributed by atoms with Gasteiger partial charge in [0.15, 0.2) is 4.90 Å². The Balaban J connectivity index is 2.45. The Morgan fingerprint density at radius 3 is 2.48 bits per heavy atom.